The number of methoxy groups -OCH3 is 1. The molecule has 0 unspecified atom stereocenters. The van der Waals surface area contributed by atoms with Crippen molar-refractivity contribution in [2.24, 2.45) is 16.6 Å². The summed E-state index contributed by atoms with van der Waals surface area (Å²) in [7, 11) is 1.54. The summed E-state index contributed by atoms with van der Waals surface area (Å²) in [5.41, 5.74) is 6.63. The van der Waals surface area contributed by atoms with Crippen LogP contribution in [0.2, 0.25) is 0 Å². The number of carbonyl (C=O) groups excluding carboxylic acids is 2. The average Bonchev–Trinajstić information content (AvgIpc) is 2.63. The maximum Gasteiger partial charge on any atom is 0.251 e. The lowest BCUT2D eigenvalue weighted by atomic mass is 9.91. The van der Waals surface area contributed by atoms with Crippen molar-refractivity contribution in [1.29, 1.82) is 0 Å². The van der Waals surface area contributed by atoms with Crippen LogP contribution >= 0.6 is 12.2 Å². The molecule has 1 saturated carbocycles. The van der Waals surface area contributed by atoms with Gasteiger partial charge in [-0.05, 0) is 37.2 Å². The second-order valence-corrected chi connectivity index (χ2v) is 6.85. The highest BCUT2D eigenvalue weighted by Crippen LogP contribution is 2.25. The second-order valence-electron chi connectivity index (χ2n) is 6.46. The Bertz CT molecular complexity index is 752. The Morgan fingerprint density at radius 2 is 2.12 bits per heavy atom. The molecule has 1 heterocycles. The van der Waals surface area contributed by atoms with Crippen molar-refractivity contribution in [2.75, 3.05) is 12.0 Å². The Hall–Kier alpha value is -2.32. The largest absolute Gasteiger partial charge is 0.497 e. The van der Waals surface area contributed by atoms with Crippen LogP contribution in [-0.2, 0) is 9.59 Å². The fourth-order valence-electron chi connectivity index (χ4n) is 3.24. The number of benzene rings is 1. The summed E-state index contributed by atoms with van der Waals surface area (Å²) in [5, 5.41) is 2.63. The summed E-state index contributed by atoms with van der Waals surface area (Å²) in [6.07, 6.45) is 5.35. The Morgan fingerprint density at radius 3 is 2.85 bits per heavy atom. The SMILES string of the molecule is COc1cccc(N2C(=O)[C@H](C=N[C@H]3CCCC[C@H]3N)C(=O)NC2=S)c1. The van der Waals surface area contributed by atoms with E-state index >= 15 is 0 Å². The van der Waals surface area contributed by atoms with Gasteiger partial charge in [0.25, 0.3) is 5.91 Å². The number of nitrogens with two attached hydrogens (primary N) is 1. The molecule has 3 rings (SSSR count). The molecule has 3 atom stereocenters. The lowest BCUT2D eigenvalue weighted by Gasteiger charge is -2.31. The molecule has 138 valence electrons. The number of thiocarbonyl (C=S) groups is 1. The van der Waals surface area contributed by atoms with Gasteiger partial charge in [-0.25, -0.2) is 0 Å². The number of anilines is 1. The van der Waals surface area contributed by atoms with Gasteiger partial charge >= 0.3 is 0 Å². The number of amides is 2. The van der Waals surface area contributed by atoms with Gasteiger partial charge in [-0.15, -0.1) is 0 Å². The van der Waals surface area contributed by atoms with Gasteiger partial charge < -0.3 is 15.8 Å². The quantitative estimate of drug-likeness (QED) is 0.472. The molecule has 1 saturated heterocycles. The van der Waals surface area contributed by atoms with Gasteiger partial charge in [0.15, 0.2) is 11.0 Å². The third-order valence-corrected chi connectivity index (χ3v) is 5.01. The van der Waals surface area contributed by atoms with Gasteiger partial charge in [0, 0.05) is 18.3 Å². The molecule has 1 aromatic carbocycles. The predicted octanol–water partition coefficient (Wildman–Crippen LogP) is 1.40. The van der Waals surface area contributed by atoms with Crippen LogP contribution in [0.3, 0.4) is 0 Å². The highest BCUT2D eigenvalue weighted by molar-refractivity contribution is 7.80. The lowest BCUT2D eigenvalue weighted by Crippen LogP contribution is -2.58. The van der Waals surface area contributed by atoms with Crippen molar-refractivity contribution >= 4 is 41.0 Å². The molecule has 2 amide bonds. The van der Waals surface area contributed by atoms with Crippen molar-refractivity contribution in [3.63, 3.8) is 0 Å². The first-order chi connectivity index (χ1) is 12.5. The number of hydrogen-bond donors (Lipinski definition) is 2. The predicted molar refractivity (Wildman–Crippen MR) is 103 cm³/mol. The number of hydrogen-bond acceptors (Lipinski definition) is 6. The molecule has 2 fully saturated rings. The fourth-order valence-corrected chi connectivity index (χ4v) is 3.53. The van der Waals surface area contributed by atoms with Crippen LogP contribution in [0, 0.1) is 5.92 Å². The van der Waals surface area contributed by atoms with Crippen LogP contribution in [0.4, 0.5) is 5.69 Å². The first-order valence-electron chi connectivity index (χ1n) is 8.63. The smallest absolute Gasteiger partial charge is 0.251 e. The topological polar surface area (TPSA) is 97.0 Å². The normalized spacial score (nSPS) is 26.9. The average molecular weight is 374 g/mol. The molecule has 0 radical (unpaired) electrons. The Morgan fingerprint density at radius 1 is 1.35 bits per heavy atom. The Kier molecular flexibility index (Phi) is 5.63. The maximum atomic E-state index is 12.9. The van der Waals surface area contributed by atoms with E-state index in [-0.39, 0.29) is 17.2 Å². The van der Waals surface area contributed by atoms with Crippen molar-refractivity contribution in [3.8, 4) is 5.75 Å². The molecular formula is C18H22N4O3S. The van der Waals surface area contributed by atoms with E-state index in [4.69, 9.17) is 22.7 Å². The van der Waals surface area contributed by atoms with Crippen molar-refractivity contribution in [1.82, 2.24) is 5.32 Å². The van der Waals surface area contributed by atoms with Crippen LogP contribution in [0.15, 0.2) is 29.3 Å². The first kappa shape index (κ1) is 18.5. The third-order valence-electron chi connectivity index (χ3n) is 4.72. The highest BCUT2D eigenvalue weighted by atomic mass is 32.1. The molecule has 3 N–H and O–H groups in total. The van der Waals surface area contributed by atoms with Gasteiger partial charge in [-0.2, -0.15) is 0 Å². The van der Waals surface area contributed by atoms with E-state index in [9.17, 15) is 9.59 Å². The fraction of sp³-hybridized carbons (Fsp3) is 0.444. The number of nitrogens with one attached hydrogen (secondary N) is 1. The van der Waals surface area contributed by atoms with Crippen LogP contribution in [-0.4, -0.2) is 42.3 Å². The van der Waals surface area contributed by atoms with Gasteiger partial charge in [0.05, 0.1) is 18.8 Å². The van der Waals surface area contributed by atoms with E-state index in [0.29, 0.717) is 11.4 Å². The summed E-state index contributed by atoms with van der Waals surface area (Å²) in [6.45, 7) is 0. The molecule has 1 aliphatic heterocycles. The van der Waals surface area contributed by atoms with Crippen molar-refractivity contribution in [3.05, 3.63) is 24.3 Å². The van der Waals surface area contributed by atoms with Crippen LogP contribution in [0.5, 0.6) is 5.75 Å². The van der Waals surface area contributed by atoms with Crippen molar-refractivity contribution < 1.29 is 14.3 Å². The van der Waals surface area contributed by atoms with E-state index in [1.165, 1.54) is 11.1 Å². The minimum absolute atomic E-state index is 0.0303. The third kappa shape index (κ3) is 3.76. The Labute approximate surface area is 157 Å². The number of carbonyl (C=O) groups is 2. The summed E-state index contributed by atoms with van der Waals surface area (Å²) in [4.78, 5) is 30.9. The highest BCUT2D eigenvalue weighted by Gasteiger charge is 2.38. The maximum absolute atomic E-state index is 12.9. The molecule has 8 heteroatoms. The van der Waals surface area contributed by atoms with E-state index in [1.54, 1.807) is 31.4 Å². The minimum atomic E-state index is -1.03. The lowest BCUT2D eigenvalue weighted by molar-refractivity contribution is -0.130. The molecule has 1 aromatic rings. The minimum Gasteiger partial charge on any atom is -0.497 e. The summed E-state index contributed by atoms with van der Waals surface area (Å²) < 4.78 is 5.19. The number of rotatable bonds is 4. The molecule has 1 aliphatic carbocycles. The Balaban J connectivity index is 1.83. The van der Waals surface area contributed by atoms with Crippen LogP contribution < -0.4 is 20.7 Å². The van der Waals surface area contributed by atoms with E-state index in [2.05, 4.69) is 10.3 Å². The number of aliphatic imine (C=N–C) groups is 1. The molecule has 0 aromatic heterocycles. The van der Waals surface area contributed by atoms with Crippen molar-refractivity contribution in [2.45, 2.75) is 37.8 Å². The van der Waals surface area contributed by atoms with E-state index < -0.39 is 17.7 Å². The zero-order chi connectivity index (χ0) is 18.7. The second kappa shape index (κ2) is 7.92. The molecule has 0 spiro atoms. The monoisotopic (exact) mass is 374 g/mol. The number of nitrogens with zero attached hydrogens (tertiary/aromatic N) is 2. The zero-order valence-corrected chi connectivity index (χ0v) is 15.4. The van der Waals surface area contributed by atoms with Crippen LogP contribution in [0.25, 0.3) is 0 Å². The zero-order valence-electron chi connectivity index (χ0n) is 14.6. The van der Waals surface area contributed by atoms with E-state index in [1.807, 2.05) is 0 Å². The van der Waals surface area contributed by atoms with Crippen LogP contribution in [0.1, 0.15) is 25.7 Å². The van der Waals surface area contributed by atoms with Gasteiger partial charge in [-0.3, -0.25) is 19.5 Å². The summed E-state index contributed by atoms with van der Waals surface area (Å²) in [5.74, 6) is -1.33. The summed E-state index contributed by atoms with van der Waals surface area (Å²) in [6, 6.07) is 6.86. The first-order valence-corrected chi connectivity index (χ1v) is 9.04. The molecular weight excluding hydrogens is 352 g/mol. The number of ether oxygens (including phenoxy) is 1. The molecule has 26 heavy (non-hydrogen) atoms. The van der Waals surface area contributed by atoms with Gasteiger partial charge in [0.1, 0.15) is 5.75 Å². The molecule has 0 bridgehead atoms. The summed E-state index contributed by atoms with van der Waals surface area (Å²) >= 11 is 5.19. The van der Waals surface area contributed by atoms with E-state index in [0.717, 1.165) is 25.7 Å². The molecule has 2 aliphatic rings. The van der Waals surface area contributed by atoms with Gasteiger partial charge in [0.2, 0.25) is 5.91 Å². The standard InChI is InChI=1S/C18H22N4O3S/c1-25-12-6-4-5-11(9-12)22-17(24)13(16(23)21-18(22)26)10-20-15-8-3-2-7-14(15)19/h4-6,9-10,13-15H,2-3,7-8,19H2,1H3,(H,21,23,26)/t13-,14-,15+/m1/s1. The van der Waals surface area contributed by atoms with Gasteiger partial charge in [-0.1, -0.05) is 18.9 Å². The molecule has 7 nitrogen and oxygen atoms in total.